The highest BCUT2D eigenvalue weighted by atomic mass is 16.3. The van der Waals surface area contributed by atoms with Gasteiger partial charge in [0.1, 0.15) is 23.0 Å². The van der Waals surface area contributed by atoms with Gasteiger partial charge >= 0.3 is 0 Å². The molecular weight excluding hydrogens is 258 g/mol. The summed E-state index contributed by atoms with van der Waals surface area (Å²) in [4.78, 5) is 11.9. The molecule has 0 fully saturated rings. The number of anilines is 1. The molecule has 5 N–H and O–H groups in total. The van der Waals surface area contributed by atoms with Crippen LogP contribution in [0.3, 0.4) is 0 Å². The maximum atomic E-state index is 11.9. The van der Waals surface area contributed by atoms with Crippen LogP contribution in [-0.2, 0) is 0 Å². The highest BCUT2D eigenvalue weighted by Crippen LogP contribution is 2.30. The van der Waals surface area contributed by atoms with Crippen LogP contribution in [0.2, 0.25) is 0 Å². The summed E-state index contributed by atoms with van der Waals surface area (Å²) in [7, 11) is 0. The molecule has 2 aromatic heterocycles. The van der Waals surface area contributed by atoms with Crippen LogP contribution in [0.5, 0.6) is 0 Å². The zero-order valence-corrected chi connectivity index (χ0v) is 10.2. The monoisotopic (exact) mass is 267 g/mol. The van der Waals surface area contributed by atoms with Gasteiger partial charge in [0.05, 0.1) is 5.56 Å². The molecule has 7 heteroatoms. The predicted octanol–water partition coefficient (Wildman–Crippen LogP) is 1.05. The summed E-state index contributed by atoms with van der Waals surface area (Å²) in [6.45, 7) is 0. The van der Waals surface area contributed by atoms with E-state index in [1.54, 1.807) is 24.3 Å². The van der Waals surface area contributed by atoms with E-state index in [1.807, 2.05) is 6.07 Å². The molecule has 98 valence electrons. The second-order valence-electron chi connectivity index (χ2n) is 4.16. The van der Waals surface area contributed by atoms with Crippen molar-refractivity contribution in [3.05, 3.63) is 45.7 Å². The van der Waals surface area contributed by atoms with Crippen molar-refractivity contribution in [3.8, 4) is 17.2 Å². The van der Waals surface area contributed by atoms with Gasteiger partial charge in [0.2, 0.25) is 5.55 Å². The Labute approximate surface area is 111 Å². The van der Waals surface area contributed by atoms with Crippen LogP contribution in [0, 0.1) is 16.7 Å². The maximum Gasteiger partial charge on any atom is 0.274 e. The van der Waals surface area contributed by atoms with Gasteiger partial charge in [-0.05, 0) is 6.07 Å². The minimum atomic E-state index is -0.449. The Bertz CT molecular complexity index is 971. The van der Waals surface area contributed by atoms with E-state index in [9.17, 15) is 10.1 Å². The molecule has 0 aliphatic rings. The number of benzene rings is 1. The first kappa shape index (κ1) is 11.8. The lowest BCUT2D eigenvalue weighted by Gasteiger charge is -2.06. The normalized spacial score (nSPS) is 10.6. The van der Waals surface area contributed by atoms with Crippen molar-refractivity contribution in [1.29, 1.82) is 10.7 Å². The summed E-state index contributed by atoms with van der Waals surface area (Å²) in [5.41, 5.74) is 5.82. The molecule has 3 aromatic rings. The zero-order chi connectivity index (χ0) is 14.3. The molecule has 0 saturated carbocycles. The first-order chi connectivity index (χ1) is 9.63. The first-order valence-electron chi connectivity index (χ1n) is 5.70. The number of nitriles is 1. The van der Waals surface area contributed by atoms with Gasteiger partial charge in [-0.2, -0.15) is 5.26 Å². The molecule has 3 rings (SSSR count). The topological polar surface area (TPSA) is 135 Å². The Hall–Kier alpha value is -3.27. The fraction of sp³-hybridized carbons (Fsp3) is 0. The fourth-order valence-electron chi connectivity index (χ4n) is 2.16. The number of hydrogen-bond acceptors (Lipinski definition) is 5. The number of aromatic amines is 2. The van der Waals surface area contributed by atoms with E-state index in [-0.39, 0.29) is 22.5 Å². The third kappa shape index (κ3) is 1.52. The van der Waals surface area contributed by atoms with Crippen molar-refractivity contribution in [1.82, 2.24) is 10.2 Å². The van der Waals surface area contributed by atoms with Gasteiger partial charge in [0.15, 0.2) is 0 Å². The molecule has 1 aromatic carbocycles. The summed E-state index contributed by atoms with van der Waals surface area (Å²) < 4.78 is 5.28. The number of rotatable bonds is 1. The average Bonchev–Trinajstić information content (AvgIpc) is 2.77. The van der Waals surface area contributed by atoms with E-state index in [4.69, 9.17) is 15.6 Å². The van der Waals surface area contributed by atoms with E-state index >= 15 is 0 Å². The van der Waals surface area contributed by atoms with E-state index in [0.29, 0.717) is 16.5 Å². The predicted molar refractivity (Wildman–Crippen MR) is 71.6 cm³/mol. The highest BCUT2D eigenvalue weighted by Gasteiger charge is 2.20. The molecule has 0 aliphatic carbocycles. The van der Waals surface area contributed by atoms with Crippen molar-refractivity contribution >= 4 is 16.8 Å². The number of para-hydroxylation sites is 1. The highest BCUT2D eigenvalue weighted by molar-refractivity contribution is 5.98. The second kappa shape index (κ2) is 4.13. The second-order valence-corrected chi connectivity index (χ2v) is 4.16. The summed E-state index contributed by atoms with van der Waals surface area (Å²) >= 11 is 0. The van der Waals surface area contributed by atoms with E-state index < -0.39 is 5.56 Å². The van der Waals surface area contributed by atoms with Crippen molar-refractivity contribution in [3.63, 3.8) is 0 Å². The molecule has 0 bridgehead atoms. The Morgan fingerprint density at radius 2 is 2.00 bits per heavy atom. The van der Waals surface area contributed by atoms with Crippen LogP contribution in [0.1, 0.15) is 5.56 Å². The van der Waals surface area contributed by atoms with Crippen molar-refractivity contribution < 1.29 is 4.42 Å². The molecule has 0 unspecified atom stereocenters. The Morgan fingerprint density at radius 3 is 2.65 bits per heavy atom. The fourth-order valence-corrected chi connectivity index (χ4v) is 2.16. The Balaban J connectivity index is 2.61. The molecule has 0 radical (unpaired) electrons. The first-order valence-corrected chi connectivity index (χ1v) is 5.70. The third-order valence-electron chi connectivity index (χ3n) is 3.01. The Morgan fingerprint density at radius 1 is 1.25 bits per heavy atom. The van der Waals surface area contributed by atoms with Gasteiger partial charge < -0.3 is 10.2 Å². The quantitative estimate of drug-likeness (QED) is 0.523. The number of hydrogen-bond donors (Lipinski definition) is 4. The Kier molecular flexibility index (Phi) is 2.44. The van der Waals surface area contributed by atoms with Gasteiger partial charge in [-0.1, -0.05) is 18.2 Å². The number of fused-ring (bicyclic) bond motifs is 1. The van der Waals surface area contributed by atoms with Gasteiger partial charge in [-0.25, -0.2) is 0 Å². The van der Waals surface area contributed by atoms with E-state index in [2.05, 4.69) is 10.2 Å². The molecule has 0 spiro atoms. The van der Waals surface area contributed by atoms with Crippen LogP contribution in [0.15, 0.2) is 33.5 Å². The van der Waals surface area contributed by atoms with Crippen molar-refractivity contribution in [2.45, 2.75) is 0 Å². The summed E-state index contributed by atoms with van der Waals surface area (Å²) in [6.07, 6.45) is 0. The average molecular weight is 267 g/mol. The van der Waals surface area contributed by atoms with Crippen molar-refractivity contribution in [2.24, 2.45) is 0 Å². The number of nitrogens with zero attached hydrogens (tertiary/aromatic N) is 1. The molecule has 7 nitrogen and oxygen atoms in total. The van der Waals surface area contributed by atoms with Gasteiger partial charge in [-0.3, -0.25) is 20.4 Å². The summed E-state index contributed by atoms with van der Waals surface area (Å²) in [5, 5.41) is 22.5. The van der Waals surface area contributed by atoms with Gasteiger partial charge in [-0.15, -0.1) is 0 Å². The summed E-state index contributed by atoms with van der Waals surface area (Å²) in [5.74, 6) is 0.113. The van der Waals surface area contributed by atoms with Crippen LogP contribution in [-0.4, -0.2) is 10.2 Å². The molecular formula is C13H9N5O2. The van der Waals surface area contributed by atoms with E-state index in [0.717, 1.165) is 0 Å². The van der Waals surface area contributed by atoms with Crippen LogP contribution in [0.25, 0.3) is 22.1 Å². The lowest BCUT2D eigenvalue weighted by molar-refractivity contribution is 0.531. The van der Waals surface area contributed by atoms with Crippen LogP contribution >= 0.6 is 0 Å². The summed E-state index contributed by atoms with van der Waals surface area (Å²) in [6, 6.07) is 8.76. The van der Waals surface area contributed by atoms with Crippen LogP contribution < -0.4 is 16.8 Å². The SMILES string of the molecule is N#Cc1c(-c2c(N)[nH][nH]c2=O)c2ccccc2oc1=N. The number of nitrogen functional groups attached to an aromatic ring is 1. The molecule has 0 amide bonds. The molecule has 0 saturated heterocycles. The smallest absolute Gasteiger partial charge is 0.274 e. The number of nitrogens with two attached hydrogens (primary N) is 1. The lowest BCUT2D eigenvalue weighted by Crippen LogP contribution is -2.11. The zero-order valence-electron chi connectivity index (χ0n) is 10.2. The molecule has 0 atom stereocenters. The van der Waals surface area contributed by atoms with Crippen molar-refractivity contribution in [2.75, 3.05) is 5.73 Å². The number of H-pyrrole nitrogens is 2. The number of nitrogens with one attached hydrogen (secondary N) is 3. The molecule has 0 aliphatic heterocycles. The minimum Gasteiger partial charge on any atom is -0.438 e. The van der Waals surface area contributed by atoms with Crippen LogP contribution in [0.4, 0.5) is 5.82 Å². The van der Waals surface area contributed by atoms with Gasteiger partial charge in [0, 0.05) is 10.9 Å². The maximum absolute atomic E-state index is 11.9. The van der Waals surface area contributed by atoms with E-state index in [1.165, 1.54) is 0 Å². The lowest BCUT2D eigenvalue weighted by atomic mass is 9.99. The minimum absolute atomic E-state index is 0.0273. The third-order valence-corrected chi connectivity index (χ3v) is 3.01. The standard InChI is InChI=1S/C13H9N5O2/c14-5-7-9(10-11(15)17-18-13(10)19)6-3-1-2-4-8(6)20-12(7)16/h1-4,16H,(H4,15,17,18,19). The largest absolute Gasteiger partial charge is 0.438 e. The molecule has 20 heavy (non-hydrogen) atoms. The molecule has 2 heterocycles. The number of aromatic nitrogens is 2. The van der Waals surface area contributed by atoms with Gasteiger partial charge in [0.25, 0.3) is 5.56 Å².